The monoisotopic (exact) mass is 326 g/mol. The number of benzene rings is 1. The second-order valence-corrected chi connectivity index (χ2v) is 7.26. The van der Waals surface area contributed by atoms with Crippen molar-refractivity contribution >= 4 is 38.1 Å². The summed E-state index contributed by atoms with van der Waals surface area (Å²) in [6, 6.07) is 5.48. The topological polar surface area (TPSA) is 101 Å². The summed E-state index contributed by atoms with van der Waals surface area (Å²) in [6.45, 7) is 4.94. The van der Waals surface area contributed by atoms with Crippen molar-refractivity contribution in [2.45, 2.75) is 25.1 Å². The SMILES string of the molecule is CC(=O)Nc1nnc(S(=O)(=O)Nc2c(C)cccc2C)s1. The van der Waals surface area contributed by atoms with E-state index in [-0.39, 0.29) is 15.4 Å². The van der Waals surface area contributed by atoms with Gasteiger partial charge in [0.15, 0.2) is 0 Å². The maximum atomic E-state index is 12.3. The number of anilines is 2. The predicted molar refractivity (Wildman–Crippen MR) is 80.9 cm³/mol. The lowest BCUT2D eigenvalue weighted by Crippen LogP contribution is -2.14. The lowest BCUT2D eigenvalue weighted by atomic mass is 10.1. The van der Waals surface area contributed by atoms with E-state index in [1.54, 1.807) is 0 Å². The van der Waals surface area contributed by atoms with Crippen LogP contribution >= 0.6 is 11.3 Å². The van der Waals surface area contributed by atoms with E-state index in [1.807, 2.05) is 32.0 Å². The Kier molecular flexibility index (Phi) is 4.24. The summed E-state index contributed by atoms with van der Waals surface area (Å²) >= 11 is 0.794. The summed E-state index contributed by atoms with van der Waals surface area (Å²) in [7, 11) is -3.83. The molecule has 9 heteroatoms. The van der Waals surface area contributed by atoms with Crippen molar-refractivity contribution in [3.63, 3.8) is 0 Å². The maximum Gasteiger partial charge on any atom is 0.291 e. The molecule has 0 saturated heterocycles. The lowest BCUT2D eigenvalue weighted by molar-refractivity contribution is -0.114. The predicted octanol–water partition coefficient (Wildman–Crippen LogP) is 1.91. The molecule has 0 atom stereocenters. The average Bonchev–Trinajstić information content (AvgIpc) is 2.82. The van der Waals surface area contributed by atoms with Gasteiger partial charge in [-0.15, -0.1) is 10.2 Å². The number of nitrogens with zero attached hydrogens (tertiary/aromatic N) is 2. The molecule has 7 nitrogen and oxygen atoms in total. The number of hydrogen-bond donors (Lipinski definition) is 2. The fourth-order valence-electron chi connectivity index (χ4n) is 1.67. The van der Waals surface area contributed by atoms with Gasteiger partial charge in [-0.25, -0.2) is 0 Å². The standard InChI is InChI=1S/C12H14N4O3S2/c1-7-5-4-6-8(2)10(7)16-21(18,19)12-15-14-11(20-12)13-9(3)17/h4-6,16H,1-3H3,(H,13,14,17). The molecule has 1 heterocycles. The number of aryl methyl sites for hydroxylation is 2. The third-order valence-corrected chi connectivity index (χ3v) is 5.19. The lowest BCUT2D eigenvalue weighted by Gasteiger charge is -2.11. The van der Waals surface area contributed by atoms with E-state index in [0.717, 1.165) is 22.5 Å². The minimum absolute atomic E-state index is 0.143. The van der Waals surface area contributed by atoms with Crippen LogP contribution in [0.5, 0.6) is 0 Å². The van der Waals surface area contributed by atoms with Crippen LogP contribution in [0.25, 0.3) is 0 Å². The minimum Gasteiger partial charge on any atom is -0.301 e. The van der Waals surface area contributed by atoms with Crippen LogP contribution in [-0.2, 0) is 14.8 Å². The van der Waals surface area contributed by atoms with E-state index in [0.29, 0.717) is 5.69 Å². The molecule has 1 aromatic carbocycles. The zero-order chi connectivity index (χ0) is 15.6. The van der Waals surface area contributed by atoms with E-state index in [2.05, 4.69) is 20.2 Å². The highest BCUT2D eigenvalue weighted by Crippen LogP contribution is 2.26. The van der Waals surface area contributed by atoms with Crippen molar-refractivity contribution in [3.05, 3.63) is 29.3 Å². The molecule has 0 spiro atoms. The molecule has 2 rings (SSSR count). The molecule has 0 bridgehead atoms. The average molecular weight is 326 g/mol. The Balaban J connectivity index is 2.30. The summed E-state index contributed by atoms with van der Waals surface area (Å²) in [5, 5.41) is 9.77. The van der Waals surface area contributed by atoms with Crippen molar-refractivity contribution in [2.75, 3.05) is 10.0 Å². The van der Waals surface area contributed by atoms with Gasteiger partial charge in [0.1, 0.15) is 0 Å². The number of rotatable bonds is 4. The summed E-state index contributed by atoms with van der Waals surface area (Å²) < 4.78 is 26.9. The first-order valence-corrected chi connectivity index (χ1v) is 8.29. The molecule has 2 aromatic rings. The van der Waals surface area contributed by atoms with Crippen LogP contribution in [0.3, 0.4) is 0 Å². The fraction of sp³-hybridized carbons (Fsp3) is 0.250. The van der Waals surface area contributed by atoms with Crippen molar-refractivity contribution in [3.8, 4) is 0 Å². The van der Waals surface area contributed by atoms with E-state index in [4.69, 9.17) is 0 Å². The Morgan fingerprint density at radius 2 is 1.81 bits per heavy atom. The highest BCUT2D eigenvalue weighted by molar-refractivity contribution is 7.94. The minimum atomic E-state index is -3.83. The zero-order valence-electron chi connectivity index (χ0n) is 11.7. The van der Waals surface area contributed by atoms with Crippen LogP contribution in [0.15, 0.2) is 22.5 Å². The van der Waals surface area contributed by atoms with Gasteiger partial charge in [0.2, 0.25) is 11.0 Å². The van der Waals surface area contributed by atoms with Crippen LogP contribution < -0.4 is 10.0 Å². The molecule has 1 aromatic heterocycles. The van der Waals surface area contributed by atoms with Crippen LogP contribution in [0.2, 0.25) is 0 Å². The molecule has 1 amide bonds. The summed E-state index contributed by atoms with van der Waals surface area (Å²) in [5.41, 5.74) is 2.14. The van der Waals surface area contributed by atoms with Crippen LogP contribution in [0, 0.1) is 13.8 Å². The van der Waals surface area contributed by atoms with E-state index in [1.165, 1.54) is 6.92 Å². The van der Waals surface area contributed by atoms with Gasteiger partial charge in [0.25, 0.3) is 14.4 Å². The van der Waals surface area contributed by atoms with Crippen molar-refractivity contribution in [2.24, 2.45) is 0 Å². The summed E-state index contributed by atoms with van der Waals surface area (Å²) in [4.78, 5) is 10.9. The van der Waals surface area contributed by atoms with Gasteiger partial charge < -0.3 is 5.32 Å². The van der Waals surface area contributed by atoms with E-state index in [9.17, 15) is 13.2 Å². The maximum absolute atomic E-state index is 12.3. The smallest absolute Gasteiger partial charge is 0.291 e. The van der Waals surface area contributed by atoms with Gasteiger partial charge in [0.05, 0.1) is 5.69 Å². The number of carbonyl (C=O) groups is 1. The van der Waals surface area contributed by atoms with E-state index >= 15 is 0 Å². The highest BCUT2D eigenvalue weighted by Gasteiger charge is 2.22. The first-order valence-electron chi connectivity index (χ1n) is 6.00. The second kappa shape index (κ2) is 5.78. The first kappa shape index (κ1) is 15.4. The molecular formula is C12H14N4O3S2. The van der Waals surface area contributed by atoms with Crippen molar-refractivity contribution in [1.29, 1.82) is 0 Å². The van der Waals surface area contributed by atoms with Gasteiger partial charge in [-0.1, -0.05) is 29.5 Å². The molecular weight excluding hydrogens is 312 g/mol. The molecule has 0 unspecified atom stereocenters. The quantitative estimate of drug-likeness (QED) is 0.836. The Bertz CT molecular complexity index is 763. The van der Waals surface area contributed by atoms with Crippen LogP contribution in [0.1, 0.15) is 18.1 Å². The first-order chi connectivity index (χ1) is 9.79. The van der Waals surface area contributed by atoms with E-state index < -0.39 is 10.0 Å². The van der Waals surface area contributed by atoms with Gasteiger partial charge in [0, 0.05) is 6.92 Å². The molecule has 0 aliphatic carbocycles. The van der Waals surface area contributed by atoms with Crippen LogP contribution in [0.4, 0.5) is 10.8 Å². The Hall–Kier alpha value is -2.00. The van der Waals surface area contributed by atoms with Crippen molar-refractivity contribution in [1.82, 2.24) is 10.2 Å². The number of para-hydroxylation sites is 1. The number of nitrogens with one attached hydrogen (secondary N) is 2. The molecule has 0 aliphatic rings. The second-order valence-electron chi connectivity index (χ2n) is 4.43. The van der Waals surface area contributed by atoms with Crippen molar-refractivity contribution < 1.29 is 13.2 Å². The Morgan fingerprint density at radius 3 is 2.38 bits per heavy atom. The summed E-state index contributed by atoms with van der Waals surface area (Å²) in [6.07, 6.45) is 0. The Labute approximate surface area is 126 Å². The number of sulfonamides is 1. The molecule has 0 radical (unpaired) electrons. The molecule has 0 saturated carbocycles. The summed E-state index contributed by atoms with van der Waals surface area (Å²) in [5.74, 6) is -0.335. The normalized spacial score (nSPS) is 11.2. The molecule has 2 N–H and O–H groups in total. The number of hydrogen-bond acceptors (Lipinski definition) is 6. The van der Waals surface area contributed by atoms with Gasteiger partial charge in [-0.3, -0.25) is 9.52 Å². The van der Waals surface area contributed by atoms with Gasteiger partial charge in [-0.05, 0) is 25.0 Å². The molecule has 0 fully saturated rings. The highest BCUT2D eigenvalue weighted by atomic mass is 32.2. The molecule has 112 valence electrons. The number of aromatic nitrogens is 2. The molecule has 0 aliphatic heterocycles. The fourth-order valence-corrected chi connectivity index (χ4v) is 3.82. The Morgan fingerprint density at radius 1 is 1.19 bits per heavy atom. The largest absolute Gasteiger partial charge is 0.301 e. The number of carbonyl (C=O) groups excluding carboxylic acids is 1. The third kappa shape index (κ3) is 3.56. The third-order valence-electron chi connectivity index (χ3n) is 2.64. The number of amides is 1. The van der Waals surface area contributed by atoms with Crippen LogP contribution in [-0.4, -0.2) is 24.5 Å². The zero-order valence-corrected chi connectivity index (χ0v) is 13.3. The van der Waals surface area contributed by atoms with Gasteiger partial charge >= 0.3 is 0 Å². The van der Waals surface area contributed by atoms with Gasteiger partial charge in [-0.2, -0.15) is 8.42 Å². The molecule has 21 heavy (non-hydrogen) atoms.